The molecule has 130 valence electrons. The summed E-state index contributed by atoms with van der Waals surface area (Å²) in [5.74, 6) is 0.667. The Hall–Kier alpha value is -3.02. The van der Waals surface area contributed by atoms with Crippen molar-refractivity contribution in [1.82, 2.24) is 4.90 Å². The van der Waals surface area contributed by atoms with Gasteiger partial charge in [0.25, 0.3) is 5.91 Å². The molecule has 0 aromatic heterocycles. The number of benzene rings is 2. The lowest BCUT2D eigenvalue weighted by atomic mass is 9.98. The van der Waals surface area contributed by atoms with Gasteiger partial charge in [-0.2, -0.15) is 0 Å². The van der Waals surface area contributed by atoms with Gasteiger partial charge >= 0.3 is 0 Å². The number of carbonyl (C=O) groups excluding carboxylic acids is 2. The van der Waals surface area contributed by atoms with Crippen LogP contribution < -0.4 is 15.2 Å². The van der Waals surface area contributed by atoms with Crippen LogP contribution in [0.15, 0.2) is 36.4 Å². The van der Waals surface area contributed by atoms with Crippen LogP contribution in [0, 0.1) is 0 Å². The van der Waals surface area contributed by atoms with E-state index in [-0.39, 0.29) is 5.91 Å². The number of carbonyl (C=O) groups is 2. The molecule has 2 aromatic rings. The third kappa shape index (κ3) is 3.28. The van der Waals surface area contributed by atoms with Crippen LogP contribution >= 0.6 is 0 Å². The van der Waals surface area contributed by atoms with E-state index in [2.05, 4.69) is 0 Å². The van der Waals surface area contributed by atoms with Crippen LogP contribution in [0.25, 0.3) is 0 Å². The van der Waals surface area contributed by atoms with Crippen molar-refractivity contribution in [1.29, 1.82) is 0 Å². The lowest BCUT2D eigenvalue weighted by Crippen LogP contribution is -2.36. The van der Waals surface area contributed by atoms with E-state index in [1.807, 2.05) is 12.1 Å². The van der Waals surface area contributed by atoms with Gasteiger partial charge in [0.1, 0.15) is 0 Å². The number of ether oxygens (including phenoxy) is 2. The quantitative estimate of drug-likeness (QED) is 0.923. The molecule has 0 bridgehead atoms. The van der Waals surface area contributed by atoms with Crippen LogP contribution in [0.2, 0.25) is 0 Å². The SMILES string of the molecule is COc1cc2c(cc1OC)CN(C(=O)c1cccc(C(N)=O)c1)CC2. The Morgan fingerprint density at radius 2 is 1.64 bits per heavy atom. The maximum Gasteiger partial charge on any atom is 0.254 e. The van der Waals surface area contributed by atoms with E-state index in [9.17, 15) is 9.59 Å². The molecule has 0 spiro atoms. The molecular formula is C19H20N2O4. The highest BCUT2D eigenvalue weighted by atomic mass is 16.5. The molecule has 0 unspecified atom stereocenters. The molecule has 0 saturated heterocycles. The van der Waals surface area contributed by atoms with Gasteiger partial charge in [-0.1, -0.05) is 6.07 Å². The van der Waals surface area contributed by atoms with E-state index in [1.165, 1.54) is 6.07 Å². The standard InChI is InChI=1S/C19H20N2O4/c1-24-16-9-12-6-7-21(11-15(12)10-17(16)25-2)19(23)14-5-3-4-13(8-14)18(20)22/h3-5,8-10H,6-7,11H2,1-2H3,(H2,20,22). The van der Waals surface area contributed by atoms with Gasteiger partial charge in [0.15, 0.2) is 11.5 Å². The van der Waals surface area contributed by atoms with E-state index in [4.69, 9.17) is 15.2 Å². The maximum atomic E-state index is 12.8. The first-order valence-corrected chi connectivity index (χ1v) is 7.96. The predicted molar refractivity (Wildman–Crippen MR) is 93.0 cm³/mol. The third-order valence-electron chi connectivity index (χ3n) is 4.40. The van der Waals surface area contributed by atoms with Crippen molar-refractivity contribution >= 4 is 11.8 Å². The monoisotopic (exact) mass is 340 g/mol. The third-order valence-corrected chi connectivity index (χ3v) is 4.40. The second-order valence-electron chi connectivity index (χ2n) is 5.90. The Bertz CT molecular complexity index is 832. The fraction of sp³-hybridized carbons (Fsp3) is 0.263. The summed E-state index contributed by atoms with van der Waals surface area (Å²) in [4.78, 5) is 25.9. The van der Waals surface area contributed by atoms with Gasteiger partial charge in [-0.15, -0.1) is 0 Å². The van der Waals surface area contributed by atoms with Gasteiger partial charge in [-0.3, -0.25) is 9.59 Å². The van der Waals surface area contributed by atoms with Crippen LogP contribution in [-0.2, 0) is 13.0 Å². The molecule has 0 radical (unpaired) electrons. The average molecular weight is 340 g/mol. The average Bonchev–Trinajstić information content (AvgIpc) is 2.65. The van der Waals surface area contributed by atoms with E-state index >= 15 is 0 Å². The molecule has 0 fully saturated rings. The summed E-state index contributed by atoms with van der Waals surface area (Å²) < 4.78 is 10.7. The van der Waals surface area contributed by atoms with Crippen molar-refractivity contribution in [2.24, 2.45) is 5.73 Å². The Kier molecular flexibility index (Phi) is 4.61. The van der Waals surface area contributed by atoms with E-state index in [0.29, 0.717) is 35.7 Å². The van der Waals surface area contributed by atoms with Gasteiger partial charge in [0.05, 0.1) is 14.2 Å². The van der Waals surface area contributed by atoms with Crippen LogP contribution in [0.5, 0.6) is 11.5 Å². The zero-order chi connectivity index (χ0) is 18.0. The van der Waals surface area contributed by atoms with Crippen molar-refractivity contribution in [2.45, 2.75) is 13.0 Å². The summed E-state index contributed by atoms with van der Waals surface area (Å²) in [5.41, 5.74) is 8.26. The molecule has 1 heterocycles. The predicted octanol–water partition coefficient (Wildman–Crippen LogP) is 2.00. The van der Waals surface area contributed by atoms with Gasteiger partial charge in [-0.05, 0) is 47.9 Å². The van der Waals surface area contributed by atoms with E-state index in [0.717, 1.165) is 17.5 Å². The molecule has 6 heteroatoms. The summed E-state index contributed by atoms with van der Waals surface area (Å²) in [5, 5.41) is 0. The first-order valence-electron chi connectivity index (χ1n) is 7.96. The second kappa shape index (κ2) is 6.84. The van der Waals surface area contributed by atoms with Crippen molar-refractivity contribution < 1.29 is 19.1 Å². The molecule has 1 aliphatic heterocycles. The molecule has 6 nitrogen and oxygen atoms in total. The van der Waals surface area contributed by atoms with Crippen molar-refractivity contribution in [3.8, 4) is 11.5 Å². The number of hydrogen-bond donors (Lipinski definition) is 1. The van der Waals surface area contributed by atoms with E-state index < -0.39 is 5.91 Å². The molecule has 3 rings (SSSR count). The second-order valence-corrected chi connectivity index (χ2v) is 5.90. The summed E-state index contributed by atoms with van der Waals surface area (Å²) in [6.45, 7) is 1.08. The summed E-state index contributed by atoms with van der Waals surface area (Å²) in [6.07, 6.45) is 0.733. The zero-order valence-corrected chi connectivity index (χ0v) is 14.2. The molecule has 25 heavy (non-hydrogen) atoms. The fourth-order valence-electron chi connectivity index (χ4n) is 3.04. The first kappa shape index (κ1) is 16.8. The molecular weight excluding hydrogens is 320 g/mol. The number of rotatable bonds is 4. The minimum atomic E-state index is -0.546. The van der Waals surface area contributed by atoms with Crippen molar-refractivity contribution in [3.63, 3.8) is 0 Å². The number of nitrogens with zero attached hydrogens (tertiary/aromatic N) is 1. The number of methoxy groups -OCH3 is 2. The van der Waals surface area contributed by atoms with Crippen LogP contribution in [-0.4, -0.2) is 37.5 Å². The molecule has 0 atom stereocenters. The smallest absolute Gasteiger partial charge is 0.254 e. The van der Waals surface area contributed by atoms with Crippen molar-refractivity contribution in [3.05, 3.63) is 58.7 Å². The minimum absolute atomic E-state index is 0.122. The van der Waals surface area contributed by atoms with Crippen LogP contribution in [0.4, 0.5) is 0 Å². The van der Waals surface area contributed by atoms with Gasteiger partial charge in [-0.25, -0.2) is 0 Å². The number of primary amides is 1. The zero-order valence-electron chi connectivity index (χ0n) is 14.2. The molecule has 2 aromatic carbocycles. The highest BCUT2D eigenvalue weighted by Crippen LogP contribution is 2.33. The number of fused-ring (bicyclic) bond motifs is 1. The largest absolute Gasteiger partial charge is 0.493 e. The lowest BCUT2D eigenvalue weighted by Gasteiger charge is -2.29. The normalized spacial score (nSPS) is 13.1. The van der Waals surface area contributed by atoms with Crippen LogP contribution in [0.1, 0.15) is 31.8 Å². The highest BCUT2D eigenvalue weighted by molar-refractivity contribution is 5.99. The Morgan fingerprint density at radius 1 is 1.00 bits per heavy atom. The van der Waals surface area contributed by atoms with Crippen molar-refractivity contribution in [2.75, 3.05) is 20.8 Å². The van der Waals surface area contributed by atoms with Gasteiger partial charge in [0.2, 0.25) is 5.91 Å². The number of hydrogen-bond acceptors (Lipinski definition) is 4. The van der Waals surface area contributed by atoms with Gasteiger partial charge < -0.3 is 20.1 Å². The summed E-state index contributed by atoms with van der Waals surface area (Å²) >= 11 is 0. The summed E-state index contributed by atoms with van der Waals surface area (Å²) in [7, 11) is 3.19. The molecule has 0 aliphatic carbocycles. The topological polar surface area (TPSA) is 81.9 Å². The summed E-state index contributed by atoms with van der Waals surface area (Å²) in [6, 6.07) is 10.4. The van der Waals surface area contributed by atoms with Crippen LogP contribution in [0.3, 0.4) is 0 Å². The van der Waals surface area contributed by atoms with Gasteiger partial charge in [0, 0.05) is 24.2 Å². The molecule has 0 saturated carbocycles. The lowest BCUT2D eigenvalue weighted by molar-refractivity contribution is 0.0734. The highest BCUT2D eigenvalue weighted by Gasteiger charge is 2.24. The molecule has 2 N–H and O–H groups in total. The maximum absolute atomic E-state index is 12.8. The Balaban J connectivity index is 1.86. The Morgan fingerprint density at radius 3 is 2.28 bits per heavy atom. The minimum Gasteiger partial charge on any atom is -0.493 e. The number of nitrogens with two attached hydrogens (primary N) is 1. The molecule has 1 aliphatic rings. The fourth-order valence-corrected chi connectivity index (χ4v) is 3.04. The number of amides is 2. The van der Waals surface area contributed by atoms with E-state index in [1.54, 1.807) is 37.3 Å². The first-order chi connectivity index (χ1) is 12.0. The molecule has 2 amide bonds. The Labute approximate surface area is 146 Å².